The zero-order valence-corrected chi connectivity index (χ0v) is 25.7. The first-order valence-electron chi connectivity index (χ1n) is 14.1. The van der Waals surface area contributed by atoms with E-state index in [0.29, 0.717) is 29.2 Å². The zero-order chi connectivity index (χ0) is 29.3. The quantitative estimate of drug-likeness (QED) is 0.303. The number of sulfonamides is 1. The molecular formula is C29H36N8O3S2. The number of hydrogen-bond donors (Lipinski definition) is 2. The number of pyridine rings is 1. The molecule has 2 N–H and O–H groups in total. The summed E-state index contributed by atoms with van der Waals surface area (Å²) in [6, 6.07) is 11.9. The van der Waals surface area contributed by atoms with E-state index in [2.05, 4.69) is 36.8 Å². The summed E-state index contributed by atoms with van der Waals surface area (Å²) in [5.41, 5.74) is 3.72. The van der Waals surface area contributed by atoms with E-state index in [1.54, 1.807) is 25.4 Å². The van der Waals surface area contributed by atoms with E-state index in [9.17, 15) is 8.42 Å². The van der Waals surface area contributed by atoms with Crippen LogP contribution in [-0.4, -0.2) is 98.9 Å². The van der Waals surface area contributed by atoms with E-state index < -0.39 is 10.0 Å². The number of nitrogens with one attached hydrogen (secondary N) is 2. The van der Waals surface area contributed by atoms with Crippen LogP contribution in [-0.2, 0) is 10.0 Å². The highest BCUT2D eigenvalue weighted by Gasteiger charge is 2.27. The molecule has 6 rings (SSSR count). The van der Waals surface area contributed by atoms with Crippen LogP contribution in [0.25, 0.3) is 21.3 Å². The van der Waals surface area contributed by atoms with E-state index in [-0.39, 0.29) is 0 Å². The molecule has 0 bridgehead atoms. The molecular weight excluding hydrogens is 573 g/mol. The van der Waals surface area contributed by atoms with Crippen LogP contribution in [0.15, 0.2) is 48.0 Å². The summed E-state index contributed by atoms with van der Waals surface area (Å²) in [7, 11) is 0.446. The van der Waals surface area contributed by atoms with Crippen LogP contribution in [0.4, 0.5) is 23.1 Å². The second kappa shape index (κ2) is 12.0. The molecule has 13 heteroatoms. The number of likely N-dealkylation sites (tertiary alicyclic amines) is 1. The van der Waals surface area contributed by atoms with Gasteiger partial charge >= 0.3 is 0 Å². The fraction of sp³-hybridized carbons (Fsp3) is 0.414. The highest BCUT2D eigenvalue weighted by atomic mass is 32.2. The third-order valence-corrected chi connectivity index (χ3v) is 9.43. The van der Waals surface area contributed by atoms with Crippen LogP contribution in [0.1, 0.15) is 12.8 Å². The molecule has 0 radical (unpaired) electrons. The fourth-order valence-electron chi connectivity index (χ4n) is 5.71. The Balaban J connectivity index is 1.17. The van der Waals surface area contributed by atoms with E-state index >= 15 is 0 Å². The number of piperazine rings is 1. The molecule has 2 saturated heterocycles. The molecule has 42 heavy (non-hydrogen) atoms. The monoisotopic (exact) mass is 608 g/mol. The minimum atomic E-state index is -3.38. The average molecular weight is 609 g/mol. The molecule has 0 unspecified atom stereocenters. The van der Waals surface area contributed by atoms with Gasteiger partial charge in [0.2, 0.25) is 21.9 Å². The molecule has 3 aromatic heterocycles. The number of anilines is 4. The number of hydrogen-bond acceptors (Lipinski definition) is 11. The van der Waals surface area contributed by atoms with Crippen LogP contribution >= 0.6 is 11.3 Å². The Morgan fingerprint density at radius 3 is 2.55 bits per heavy atom. The Hall–Kier alpha value is -3.52. The van der Waals surface area contributed by atoms with Crippen molar-refractivity contribution in [2.24, 2.45) is 0 Å². The first-order chi connectivity index (χ1) is 20.3. The van der Waals surface area contributed by atoms with Gasteiger partial charge in [0.1, 0.15) is 11.5 Å². The number of nitrogens with zero attached hydrogens (tertiary/aromatic N) is 6. The average Bonchev–Trinajstić information content (AvgIpc) is 3.41. The molecule has 1 aromatic carbocycles. The van der Waals surface area contributed by atoms with Crippen molar-refractivity contribution in [2.45, 2.75) is 18.9 Å². The number of rotatable bonds is 8. The number of benzene rings is 1. The lowest BCUT2D eigenvalue weighted by atomic mass is 10.0. The Kier molecular flexibility index (Phi) is 8.17. The topological polar surface area (TPSA) is 116 Å². The number of methoxy groups -OCH3 is 1. The number of thiophene rings is 1. The minimum Gasteiger partial charge on any atom is -0.479 e. The molecule has 0 atom stereocenters. The molecule has 0 aliphatic carbocycles. The van der Waals surface area contributed by atoms with E-state index in [0.717, 1.165) is 59.6 Å². The summed E-state index contributed by atoms with van der Waals surface area (Å²) in [5, 5.41) is 5.29. The smallest absolute Gasteiger partial charge is 0.239 e. The van der Waals surface area contributed by atoms with E-state index in [1.807, 2.05) is 29.6 Å². The Morgan fingerprint density at radius 1 is 1.02 bits per heavy atom. The molecule has 0 amide bonds. The number of ether oxygens (including phenoxy) is 1. The maximum absolute atomic E-state index is 11.7. The number of fused-ring (bicyclic) bond motifs is 1. The molecule has 0 saturated carbocycles. The Labute approximate surface area is 250 Å². The summed E-state index contributed by atoms with van der Waals surface area (Å²) in [4.78, 5) is 21.5. The van der Waals surface area contributed by atoms with Crippen LogP contribution in [0.3, 0.4) is 0 Å². The SMILES string of the molecule is COc1nc(N2CCN(C3CCN(C)CC3)CC2)ccc1Nc1ncc2scc(-c3cccc(NS(C)(=O)=O)c3)c2n1. The Morgan fingerprint density at radius 2 is 1.81 bits per heavy atom. The van der Waals surface area contributed by atoms with Crippen molar-refractivity contribution in [1.82, 2.24) is 24.8 Å². The lowest BCUT2D eigenvalue weighted by Gasteiger charge is -2.42. The molecule has 2 aliphatic heterocycles. The maximum Gasteiger partial charge on any atom is 0.239 e. The number of aromatic nitrogens is 3. The summed E-state index contributed by atoms with van der Waals surface area (Å²) in [5.74, 6) is 1.81. The van der Waals surface area contributed by atoms with Gasteiger partial charge in [-0.3, -0.25) is 9.62 Å². The van der Waals surface area contributed by atoms with Crippen molar-refractivity contribution in [1.29, 1.82) is 0 Å². The van der Waals surface area contributed by atoms with Gasteiger partial charge in [-0.2, -0.15) is 4.98 Å². The third kappa shape index (κ3) is 6.43. The van der Waals surface area contributed by atoms with Crippen LogP contribution in [0.5, 0.6) is 5.88 Å². The van der Waals surface area contributed by atoms with Gasteiger partial charge in [0.25, 0.3) is 0 Å². The highest BCUT2D eigenvalue weighted by Crippen LogP contribution is 2.35. The fourth-order valence-corrected chi connectivity index (χ4v) is 7.14. The summed E-state index contributed by atoms with van der Waals surface area (Å²) in [6.07, 6.45) is 5.42. The minimum absolute atomic E-state index is 0.423. The van der Waals surface area contributed by atoms with Crippen molar-refractivity contribution in [3.63, 3.8) is 0 Å². The van der Waals surface area contributed by atoms with Gasteiger partial charge in [0.15, 0.2) is 0 Å². The summed E-state index contributed by atoms with van der Waals surface area (Å²) >= 11 is 1.54. The second-order valence-electron chi connectivity index (χ2n) is 10.9. The van der Waals surface area contributed by atoms with Crippen molar-refractivity contribution >= 4 is 54.7 Å². The predicted molar refractivity (Wildman–Crippen MR) is 170 cm³/mol. The maximum atomic E-state index is 11.7. The highest BCUT2D eigenvalue weighted by molar-refractivity contribution is 7.92. The van der Waals surface area contributed by atoms with Crippen molar-refractivity contribution < 1.29 is 13.2 Å². The standard InChI is InChI=1S/C29H36N8O3S2/c1-35-11-9-22(10-12-35)36-13-15-37(16-14-36)26-8-7-24(28(32-26)40-2)31-29-30-18-25-27(33-29)23(19-41-25)20-5-4-6-21(17-20)34-42(3,38)39/h4-8,17-19,22,34H,9-16H2,1-3H3,(H,30,31,33). The predicted octanol–water partition coefficient (Wildman–Crippen LogP) is 4.09. The molecule has 11 nitrogen and oxygen atoms in total. The third-order valence-electron chi connectivity index (χ3n) is 7.92. The van der Waals surface area contributed by atoms with Gasteiger partial charge in [-0.05, 0) is 62.8 Å². The van der Waals surface area contributed by atoms with Gasteiger partial charge in [-0.15, -0.1) is 11.3 Å². The van der Waals surface area contributed by atoms with Crippen molar-refractivity contribution in [3.05, 3.63) is 48.0 Å². The summed E-state index contributed by atoms with van der Waals surface area (Å²) in [6.45, 7) is 6.33. The van der Waals surface area contributed by atoms with Gasteiger partial charge in [0, 0.05) is 48.9 Å². The van der Waals surface area contributed by atoms with E-state index in [4.69, 9.17) is 14.7 Å². The molecule has 4 aromatic rings. The summed E-state index contributed by atoms with van der Waals surface area (Å²) < 4.78 is 32.6. The van der Waals surface area contributed by atoms with Gasteiger partial charge in [-0.25, -0.2) is 18.4 Å². The van der Waals surface area contributed by atoms with Crippen molar-refractivity contribution in [2.75, 3.05) is 74.6 Å². The normalized spacial score (nSPS) is 17.5. The van der Waals surface area contributed by atoms with Crippen LogP contribution in [0, 0.1) is 0 Å². The lowest BCUT2D eigenvalue weighted by Crippen LogP contribution is -2.53. The van der Waals surface area contributed by atoms with E-state index in [1.165, 1.54) is 37.3 Å². The van der Waals surface area contributed by atoms with Crippen LogP contribution < -0.4 is 19.7 Å². The largest absolute Gasteiger partial charge is 0.479 e. The first-order valence-corrected chi connectivity index (χ1v) is 16.8. The lowest BCUT2D eigenvalue weighted by molar-refractivity contribution is 0.115. The van der Waals surface area contributed by atoms with Gasteiger partial charge < -0.3 is 19.9 Å². The molecule has 5 heterocycles. The molecule has 2 fully saturated rings. The molecule has 0 spiro atoms. The van der Waals surface area contributed by atoms with Gasteiger partial charge in [-0.1, -0.05) is 12.1 Å². The van der Waals surface area contributed by atoms with Crippen LogP contribution in [0.2, 0.25) is 0 Å². The Bertz CT molecular complexity index is 1660. The van der Waals surface area contributed by atoms with Gasteiger partial charge in [0.05, 0.1) is 29.8 Å². The zero-order valence-electron chi connectivity index (χ0n) is 24.1. The molecule has 222 valence electrons. The first kappa shape index (κ1) is 28.6. The van der Waals surface area contributed by atoms with Crippen molar-refractivity contribution in [3.8, 4) is 17.0 Å². The molecule has 2 aliphatic rings. The number of piperidine rings is 1. The second-order valence-corrected chi connectivity index (χ2v) is 13.6.